The van der Waals surface area contributed by atoms with Crippen LogP contribution in [0.25, 0.3) is 0 Å². The van der Waals surface area contributed by atoms with E-state index < -0.39 is 0 Å². The van der Waals surface area contributed by atoms with Gasteiger partial charge < -0.3 is 10.5 Å². The van der Waals surface area contributed by atoms with E-state index in [4.69, 9.17) is 10.5 Å². The minimum atomic E-state index is 0.534. The molecule has 3 atom stereocenters. The molecule has 1 heterocycles. The van der Waals surface area contributed by atoms with Crippen molar-refractivity contribution in [3.05, 3.63) is 0 Å². The first kappa shape index (κ1) is 12.3. The van der Waals surface area contributed by atoms with Crippen LogP contribution in [0.4, 0.5) is 0 Å². The predicted molar refractivity (Wildman–Crippen MR) is 66.4 cm³/mol. The van der Waals surface area contributed by atoms with E-state index in [0.29, 0.717) is 18.1 Å². The Hall–Kier alpha value is -0.120. The maximum absolute atomic E-state index is 5.83. The molecule has 1 saturated heterocycles. The molecule has 1 saturated carbocycles. The fraction of sp³-hybridized carbons (Fsp3) is 1.00. The number of nitrogens with zero attached hydrogens (tertiary/aromatic N) is 1. The number of rotatable bonds is 5. The highest BCUT2D eigenvalue weighted by Gasteiger charge is 2.35. The maximum atomic E-state index is 5.83. The molecule has 94 valence electrons. The average Bonchev–Trinajstić information content (AvgIpc) is 2.79. The SMILES string of the molecule is CCC(CN)CCN1CCOC2CCCC21. The molecule has 0 aromatic carbocycles. The molecule has 0 bridgehead atoms. The lowest BCUT2D eigenvalue weighted by molar-refractivity contribution is -0.0568. The van der Waals surface area contributed by atoms with E-state index in [-0.39, 0.29) is 0 Å². The second-order valence-electron chi connectivity index (χ2n) is 5.24. The Balaban J connectivity index is 1.79. The molecule has 1 aliphatic carbocycles. The average molecular weight is 226 g/mol. The van der Waals surface area contributed by atoms with Gasteiger partial charge in [0.15, 0.2) is 0 Å². The van der Waals surface area contributed by atoms with Gasteiger partial charge in [0.2, 0.25) is 0 Å². The van der Waals surface area contributed by atoms with E-state index in [1.54, 1.807) is 0 Å². The van der Waals surface area contributed by atoms with Crippen LogP contribution in [0.3, 0.4) is 0 Å². The van der Waals surface area contributed by atoms with Crippen LogP contribution in [-0.4, -0.2) is 43.3 Å². The summed E-state index contributed by atoms with van der Waals surface area (Å²) in [5, 5.41) is 0. The third kappa shape index (κ3) is 2.76. The van der Waals surface area contributed by atoms with E-state index in [1.165, 1.54) is 38.6 Å². The molecule has 3 nitrogen and oxygen atoms in total. The van der Waals surface area contributed by atoms with Gasteiger partial charge in [-0.1, -0.05) is 13.3 Å². The van der Waals surface area contributed by atoms with Gasteiger partial charge in [-0.2, -0.15) is 0 Å². The fourth-order valence-corrected chi connectivity index (χ4v) is 3.12. The molecular formula is C13H26N2O. The minimum absolute atomic E-state index is 0.534. The molecule has 2 N–H and O–H groups in total. The number of hydrogen-bond acceptors (Lipinski definition) is 3. The summed E-state index contributed by atoms with van der Waals surface area (Å²) in [5.41, 5.74) is 5.76. The minimum Gasteiger partial charge on any atom is -0.375 e. The standard InChI is InChI=1S/C13H26N2O/c1-2-11(10-14)6-7-15-8-9-16-13-5-3-4-12(13)15/h11-13H,2-10,14H2,1H3. The molecule has 0 aromatic rings. The van der Waals surface area contributed by atoms with Gasteiger partial charge in [0.1, 0.15) is 0 Å². The van der Waals surface area contributed by atoms with Gasteiger partial charge in [-0.05, 0) is 44.7 Å². The molecule has 16 heavy (non-hydrogen) atoms. The number of nitrogens with two attached hydrogens (primary N) is 1. The largest absolute Gasteiger partial charge is 0.375 e. The Labute approximate surface area is 99.3 Å². The highest BCUT2D eigenvalue weighted by molar-refractivity contribution is 4.89. The first-order valence-corrected chi connectivity index (χ1v) is 6.90. The molecule has 2 fully saturated rings. The van der Waals surface area contributed by atoms with Crippen LogP contribution in [0.2, 0.25) is 0 Å². The van der Waals surface area contributed by atoms with Crippen LogP contribution in [0.15, 0.2) is 0 Å². The number of ether oxygens (including phenoxy) is 1. The Morgan fingerprint density at radius 2 is 2.31 bits per heavy atom. The van der Waals surface area contributed by atoms with Crippen molar-refractivity contribution in [3.8, 4) is 0 Å². The summed E-state index contributed by atoms with van der Waals surface area (Å²) < 4.78 is 5.83. The second-order valence-corrected chi connectivity index (χ2v) is 5.24. The molecular weight excluding hydrogens is 200 g/mol. The van der Waals surface area contributed by atoms with Crippen molar-refractivity contribution in [3.63, 3.8) is 0 Å². The second kappa shape index (κ2) is 5.99. The first-order valence-electron chi connectivity index (χ1n) is 6.90. The molecule has 3 heteroatoms. The molecule has 0 amide bonds. The Morgan fingerprint density at radius 1 is 1.44 bits per heavy atom. The number of hydrogen-bond donors (Lipinski definition) is 1. The van der Waals surface area contributed by atoms with Crippen LogP contribution in [0.1, 0.15) is 39.0 Å². The fourth-order valence-electron chi connectivity index (χ4n) is 3.12. The zero-order chi connectivity index (χ0) is 11.4. The van der Waals surface area contributed by atoms with Crippen molar-refractivity contribution in [2.45, 2.75) is 51.2 Å². The highest BCUT2D eigenvalue weighted by Crippen LogP contribution is 2.29. The molecule has 2 aliphatic rings. The van der Waals surface area contributed by atoms with Gasteiger partial charge >= 0.3 is 0 Å². The van der Waals surface area contributed by atoms with E-state index in [1.807, 2.05) is 0 Å². The molecule has 3 unspecified atom stereocenters. The lowest BCUT2D eigenvalue weighted by atomic mass is 10.0. The van der Waals surface area contributed by atoms with Crippen molar-refractivity contribution in [2.24, 2.45) is 11.7 Å². The lowest BCUT2D eigenvalue weighted by Crippen LogP contribution is -2.49. The highest BCUT2D eigenvalue weighted by atomic mass is 16.5. The third-order valence-corrected chi connectivity index (χ3v) is 4.33. The van der Waals surface area contributed by atoms with Crippen molar-refractivity contribution < 1.29 is 4.74 Å². The van der Waals surface area contributed by atoms with Crippen LogP contribution >= 0.6 is 0 Å². The van der Waals surface area contributed by atoms with Gasteiger partial charge in [0.25, 0.3) is 0 Å². The maximum Gasteiger partial charge on any atom is 0.0730 e. The summed E-state index contributed by atoms with van der Waals surface area (Å²) >= 11 is 0. The first-order chi connectivity index (χ1) is 7.85. The van der Waals surface area contributed by atoms with Gasteiger partial charge in [0, 0.05) is 12.6 Å². The zero-order valence-corrected chi connectivity index (χ0v) is 10.5. The number of fused-ring (bicyclic) bond motifs is 1. The Morgan fingerprint density at radius 3 is 3.06 bits per heavy atom. The normalized spacial score (nSPS) is 32.6. The quantitative estimate of drug-likeness (QED) is 0.774. The smallest absolute Gasteiger partial charge is 0.0730 e. The summed E-state index contributed by atoms with van der Waals surface area (Å²) in [7, 11) is 0. The molecule has 1 aliphatic heterocycles. The van der Waals surface area contributed by atoms with E-state index in [0.717, 1.165) is 19.7 Å². The number of morpholine rings is 1. The Bertz CT molecular complexity index is 206. The van der Waals surface area contributed by atoms with Crippen molar-refractivity contribution in [1.29, 1.82) is 0 Å². The van der Waals surface area contributed by atoms with Gasteiger partial charge in [0.05, 0.1) is 12.7 Å². The van der Waals surface area contributed by atoms with E-state index in [2.05, 4.69) is 11.8 Å². The molecule has 2 rings (SSSR count). The monoisotopic (exact) mass is 226 g/mol. The van der Waals surface area contributed by atoms with Gasteiger partial charge in [-0.3, -0.25) is 4.90 Å². The van der Waals surface area contributed by atoms with Gasteiger partial charge in [-0.25, -0.2) is 0 Å². The van der Waals surface area contributed by atoms with Crippen molar-refractivity contribution in [1.82, 2.24) is 4.90 Å². The third-order valence-electron chi connectivity index (χ3n) is 4.33. The van der Waals surface area contributed by atoms with Crippen LogP contribution in [-0.2, 0) is 4.74 Å². The summed E-state index contributed by atoms with van der Waals surface area (Å²) in [5.74, 6) is 0.711. The van der Waals surface area contributed by atoms with Crippen LogP contribution in [0, 0.1) is 5.92 Å². The van der Waals surface area contributed by atoms with Gasteiger partial charge in [-0.15, -0.1) is 0 Å². The van der Waals surface area contributed by atoms with Crippen LogP contribution in [0.5, 0.6) is 0 Å². The lowest BCUT2D eigenvalue weighted by Gasteiger charge is -2.38. The molecule has 0 spiro atoms. The topological polar surface area (TPSA) is 38.5 Å². The molecule has 0 aromatic heterocycles. The summed E-state index contributed by atoms with van der Waals surface area (Å²) in [6, 6.07) is 0.712. The summed E-state index contributed by atoms with van der Waals surface area (Å²) in [6.07, 6.45) is 6.97. The summed E-state index contributed by atoms with van der Waals surface area (Å²) in [4.78, 5) is 2.65. The Kier molecular flexibility index (Phi) is 4.62. The van der Waals surface area contributed by atoms with E-state index in [9.17, 15) is 0 Å². The molecule has 0 radical (unpaired) electrons. The predicted octanol–water partition coefficient (Wildman–Crippen LogP) is 1.61. The summed E-state index contributed by atoms with van der Waals surface area (Å²) in [6.45, 7) is 6.37. The van der Waals surface area contributed by atoms with Crippen molar-refractivity contribution in [2.75, 3.05) is 26.2 Å². The van der Waals surface area contributed by atoms with E-state index >= 15 is 0 Å². The van der Waals surface area contributed by atoms with Crippen molar-refractivity contribution >= 4 is 0 Å². The zero-order valence-electron chi connectivity index (χ0n) is 10.5. The van der Waals surface area contributed by atoms with Crippen LogP contribution < -0.4 is 5.73 Å².